The lowest BCUT2D eigenvalue weighted by molar-refractivity contribution is 0.0955. The normalized spacial score (nSPS) is 11.0. The van der Waals surface area contributed by atoms with Crippen molar-refractivity contribution in [3.05, 3.63) is 71.8 Å². The van der Waals surface area contributed by atoms with Crippen LogP contribution in [0.25, 0.3) is 6.08 Å². The first kappa shape index (κ1) is 15.5. The molecule has 0 heterocycles. The monoisotopic (exact) mass is 294 g/mol. The van der Waals surface area contributed by atoms with Gasteiger partial charge in [0.15, 0.2) is 0 Å². The number of ether oxygens (including phenoxy) is 1. The molecule has 112 valence electrons. The van der Waals surface area contributed by atoms with Gasteiger partial charge in [0.1, 0.15) is 5.75 Å². The summed E-state index contributed by atoms with van der Waals surface area (Å²) in [4.78, 5) is 11.9. The highest BCUT2D eigenvalue weighted by atomic mass is 16.5. The first-order chi connectivity index (χ1) is 10.8. The van der Waals surface area contributed by atoms with Gasteiger partial charge in [-0.3, -0.25) is 4.79 Å². The number of hydrazone groups is 1. The van der Waals surface area contributed by atoms with E-state index in [1.165, 1.54) is 0 Å². The summed E-state index contributed by atoms with van der Waals surface area (Å²) in [6.07, 6.45) is 5.22. The molecule has 4 heteroatoms. The lowest BCUT2D eigenvalue weighted by Crippen LogP contribution is -2.17. The van der Waals surface area contributed by atoms with Gasteiger partial charge in [-0.05, 0) is 42.8 Å². The van der Waals surface area contributed by atoms with E-state index in [1.807, 2.05) is 43.3 Å². The smallest absolute Gasteiger partial charge is 0.271 e. The first-order valence-electron chi connectivity index (χ1n) is 7.07. The number of carbonyl (C=O) groups is 1. The number of nitrogens with one attached hydrogen (secondary N) is 1. The summed E-state index contributed by atoms with van der Waals surface area (Å²) >= 11 is 0. The van der Waals surface area contributed by atoms with E-state index >= 15 is 0 Å². The number of carbonyl (C=O) groups excluding carboxylic acids is 1. The van der Waals surface area contributed by atoms with Crippen molar-refractivity contribution >= 4 is 18.2 Å². The number of benzene rings is 2. The number of amides is 1. The number of hydrogen-bond donors (Lipinski definition) is 1. The van der Waals surface area contributed by atoms with E-state index in [-0.39, 0.29) is 5.91 Å². The van der Waals surface area contributed by atoms with Crippen molar-refractivity contribution in [2.45, 2.75) is 6.92 Å². The van der Waals surface area contributed by atoms with Gasteiger partial charge in [-0.15, -0.1) is 0 Å². The van der Waals surface area contributed by atoms with Crippen LogP contribution in [0.15, 0.2) is 65.8 Å². The van der Waals surface area contributed by atoms with Gasteiger partial charge in [0, 0.05) is 11.8 Å². The van der Waals surface area contributed by atoms with Crippen molar-refractivity contribution in [1.29, 1.82) is 0 Å². The van der Waals surface area contributed by atoms with E-state index < -0.39 is 0 Å². The summed E-state index contributed by atoms with van der Waals surface area (Å²) < 4.78 is 5.33. The Labute approximate surface area is 130 Å². The molecule has 0 spiro atoms. The predicted octanol–water partition coefficient (Wildman–Crippen LogP) is 3.51. The summed E-state index contributed by atoms with van der Waals surface area (Å²) in [7, 11) is 0. The van der Waals surface area contributed by atoms with Gasteiger partial charge in [-0.1, -0.05) is 36.4 Å². The Morgan fingerprint density at radius 1 is 1.14 bits per heavy atom. The molecule has 0 aliphatic carbocycles. The summed E-state index contributed by atoms with van der Waals surface area (Å²) in [5.74, 6) is 0.487. The molecule has 0 unspecified atom stereocenters. The second kappa shape index (κ2) is 8.42. The minimum Gasteiger partial charge on any atom is -0.494 e. The Hall–Kier alpha value is -2.88. The molecular formula is C18H18N2O2. The van der Waals surface area contributed by atoms with Gasteiger partial charge in [-0.25, -0.2) is 5.43 Å². The van der Waals surface area contributed by atoms with Crippen molar-refractivity contribution in [2.24, 2.45) is 5.10 Å². The van der Waals surface area contributed by atoms with Crippen LogP contribution in [0, 0.1) is 0 Å². The average Bonchev–Trinajstić information content (AvgIpc) is 2.56. The van der Waals surface area contributed by atoms with E-state index in [0.717, 1.165) is 11.3 Å². The standard InChI is InChI=1S/C18H18N2O2/c1-2-22-17-12-10-16(11-13-17)18(21)20-19-14-6-9-15-7-4-3-5-8-15/h3-14H,2H2,1H3,(H,20,21)/b9-6+,19-14+. The molecule has 0 aliphatic heterocycles. The van der Waals surface area contributed by atoms with Crippen LogP contribution in [0.4, 0.5) is 0 Å². The minimum atomic E-state index is -0.257. The van der Waals surface area contributed by atoms with E-state index in [0.29, 0.717) is 12.2 Å². The van der Waals surface area contributed by atoms with Gasteiger partial charge in [-0.2, -0.15) is 5.10 Å². The second-order valence-corrected chi connectivity index (χ2v) is 4.45. The molecule has 0 atom stereocenters. The van der Waals surface area contributed by atoms with Crippen molar-refractivity contribution in [2.75, 3.05) is 6.61 Å². The second-order valence-electron chi connectivity index (χ2n) is 4.45. The van der Waals surface area contributed by atoms with E-state index in [4.69, 9.17) is 4.74 Å². The molecule has 0 fully saturated rings. The fourth-order valence-electron chi connectivity index (χ4n) is 1.79. The quantitative estimate of drug-likeness (QED) is 0.654. The summed E-state index contributed by atoms with van der Waals surface area (Å²) in [6.45, 7) is 2.52. The Morgan fingerprint density at radius 2 is 1.86 bits per heavy atom. The van der Waals surface area contributed by atoms with Gasteiger partial charge in [0.2, 0.25) is 0 Å². The molecular weight excluding hydrogens is 276 g/mol. The summed E-state index contributed by atoms with van der Waals surface area (Å²) in [6, 6.07) is 16.8. The maximum Gasteiger partial charge on any atom is 0.271 e. The maximum atomic E-state index is 11.9. The third-order valence-corrected chi connectivity index (χ3v) is 2.84. The number of allylic oxidation sites excluding steroid dienone is 1. The third kappa shape index (κ3) is 4.90. The van der Waals surface area contributed by atoms with Crippen LogP contribution >= 0.6 is 0 Å². The number of hydrogen-bond acceptors (Lipinski definition) is 3. The molecule has 0 aromatic heterocycles. The number of rotatable bonds is 6. The minimum absolute atomic E-state index is 0.257. The van der Waals surface area contributed by atoms with Gasteiger partial charge >= 0.3 is 0 Å². The lowest BCUT2D eigenvalue weighted by atomic mass is 10.2. The maximum absolute atomic E-state index is 11.9. The van der Waals surface area contributed by atoms with Crippen LogP contribution < -0.4 is 10.2 Å². The highest BCUT2D eigenvalue weighted by Crippen LogP contribution is 2.11. The van der Waals surface area contributed by atoms with Gasteiger partial charge in [0.05, 0.1) is 6.61 Å². The molecule has 0 bridgehead atoms. The molecule has 1 amide bonds. The number of nitrogens with zero attached hydrogens (tertiary/aromatic N) is 1. The molecule has 0 saturated carbocycles. The van der Waals surface area contributed by atoms with Crippen LogP contribution in [-0.4, -0.2) is 18.7 Å². The average molecular weight is 294 g/mol. The molecule has 4 nitrogen and oxygen atoms in total. The highest BCUT2D eigenvalue weighted by molar-refractivity contribution is 5.94. The summed E-state index contributed by atoms with van der Waals surface area (Å²) in [5.41, 5.74) is 4.09. The van der Waals surface area contributed by atoms with Crippen LogP contribution in [-0.2, 0) is 0 Å². The summed E-state index contributed by atoms with van der Waals surface area (Å²) in [5, 5.41) is 3.88. The van der Waals surface area contributed by atoms with Crippen molar-refractivity contribution < 1.29 is 9.53 Å². The molecule has 0 radical (unpaired) electrons. The zero-order valence-electron chi connectivity index (χ0n) is 12.4. The Bertz CT molecular complexity index is 647. The molecule has 2 rings (SSSR count). The Balaban J connectivity index is 1.84. The van der Waals surface area contributed by atoms with E-state index in [1.54, 1.807) is 36.6 Å². The Morgan fingerprint density at radius 3 is 2.55 bits per heavy atom. The molecule has 22 heavy (non-hydrogen) atoms. The van der Waals surface area contributed by atoms with Crippen molar-refractivity contribution in [1.82, 2.24) is 5.43 Å². The zero-order valence-corrected chi connectivity index (χ0v) is 12.4. The largest absolute Gasteiger partial charge is 0.494 e. The fraction of sp³-hybridized carbons (Fsp3) is 0.111. The fourth-order valence-corrected chi connectivity index (χ4v) is 1.79. The molecule has 0 saturated heterocycles. The highest BCUT2D eigenvalue weighted by Gasteiger charge is 2.03. The Kier molecular flexibility index (Phi) is 5.93. The third-order valence-electron chi connectivity index (χ3n) is 2.84. The lowest BCUT2D eigenvalue weighted by Gasteiger charge is -2.03. The van der Waals surface area contributed by atoms with Crippen molar-refractivity contribution in [3.63, 3.8) is 0 Å². The predicted molar refractivity (Wildman–Crippen MR) is 89.0 cm³/mol. The van der Waals surface area contributed by atoms with Crippen LogP contribution in [0.5, 0.6) is 5.75 Å². The molecule has 2 aromatic carbocycles. The first-order valence-corrected chi connectivity index (χ1v) is 7.07. The van der Waals surface area contributed by atoms with Crippen molar-refractivity contribution in [3.8, 4) is 5.75 Å². The van der Waals surface area contributed by atoms with Gasteiger partial charge in [0.25, 0.3) is 5.91 Å². The molecule has 0 aliphatic rings. The van der Waals surface area contributed by atoms with Crippen LogP contribution in [0.1, 0.15) is 22.8 Å². The van der Waals surface area contributed by atoms with E-state index in [2.05, 4.69) is 10.5 Å². The molecule has 2 aromatic rings. The topological polar surface area (TPSA) is 50.7 Å². The zero-order chi connectivity index (χ0) is 15.6. The molecule has 1 N–H and O–H groups in total. The van der Waals surface area contributed by atoms with E-state index in [9.17, 15) is 4.79 Å². The SMILES string of the molecule is CCOc1ccc(C(=O)N/N=C/C=C/c2ccccc2)cc1. The van der Waals surface area contributed by atoms with Gasteiger partial charge < -0.3 is 4.74 Å². The van der Waals surface area contributed by atoms with Crippen LogP contribution in [0.2, 0.25) is 0 Å². The van der Waals surface area contributed by atoms with Crippen LogP contribution in [0.3, 0.4) is 0 Å².